The summed E-state index contributed by atoms with van der Waals surface area (Å²) in [6, 6.07) is 10.5. The second kappa shape index (κ2) is 6.11. The molecule has 4 nitrogen and oxygen atoms in total. The molecule has 0 saturated carbocycles. The Balaban J connectivity index is 1.95. The maximum Gasteiger partial charge on any atom is 0.133 e. The van der Waals surface area contributed by atoms with Gasteiger partial charge in [0.15, 0.2) is 0 Å². The monoisotopic (exact) mass is 318 g/mol. The van der Waals surface area contributed by atoms with Crippen molar-refractivity contribution in [3.8, 4) is 16.9 Å². The minimum absolute atomic E-state index is 0.999. The van der Waals surface area contributed by atoms with Gasteiger partial charge in [-0.1, -0.05) is 12.1 Å². The summed E-state index contributed by atoms with van der Waals surface area (Å²) in [5, 5.41) is 8.62. The Bertz CT molecular complexity index is 865. The van der Waals surface area contributed by atoms with Gasteiger partial charge in [-0.05, 0) is 62.4 Å². The number of fused-ring (bicyclic) bond motifs is 1. The minimum atomic E-state index is 0.999. The summed E-state index contributed by atoms with van der Waals surface area (Å²) in [7, 11) is 0. The molecule has 4 rings (SSSR count). The van der Waals surface area contributed by atoms with Gasteiger partial charge in [0.05, 0.1) is 11.4 Å². The van der Waals surface area contributed by atoms with Crippen LogP contribution in [0, 0.1) is 13.8 Å². The van der Waals surface area contributed by atoms with E-state index in [1.54, 1.807) is 0 Å². The molecule has 0 aliphatic carbocycles. The lowest BCUT2D eigenvalue weighted by molar-refractivity contribution is 0.779. The van der Waals surface area contributed by atoms with Gasteiger partial charge in [0.2, 0.25) is 0 Å². The second-order valence-electron chi connectivity index (χ2n) is 6.43. The van der Waals surface area contributed by atoms with Crippen LogP contribution >= 0.6 is 0 Å². The van der Waals surface area contributed by atoms with Gasteiger partial charge >= 0.3 is 0 Å². The van der Waals surface area contributed by atoms with Crippen LogP contribution < -0.4 is 5.32 Å². The van der Waals surface area contributed by atoms with E-state index in [0.29, 0.717) is 0 Å². The van der Waals surface area contributed by atoms with E-state index in [9.17, 15) is 0 Å². The molecule has 0 atom stereocenters. The van der Waals surface area contributed by atoms with Crippen molar-refractivity contribution >= 4 is 5.82 Å². The fourth-order valence-corrected chi connectivity index (χ4v) is 3.38. The molecule has 0 amide bonds. The lowest BCUT2D eigenvalue weighted by Crippen LogP contribution is -2.08. The number of anilines is 1. The third-order valence-electron chi connectivity index (χ3n) is 4.89. The topological polar surface area (TPSA) is 42.7 Å². The molecule has 4 heteroatoms. The summed E-state index contributed by atoms with van der Waals surface area (Å²) in [5.41, 5.74) is 7.24. The first-order chi connectivity index (χ1) is 11.8. The Hall–Kier alpha value is -2.62. The number of aromatic nitrogens is 3. The first kappa shape index (κ1) is 14.9. The van der Waals surface area contributed by atoms with E-state index >= 15 is 0 Å². The second-order valence-corrected chi connectivity index (χ2v) is 6.43. The van der Waals surface area contributed by atoms with Crippen molar-refractivity contribution < 1.29 is 0 Å². The number of hydrogen-bond donors (Lipinski definition) is 1. The minimum Gasteiger partial charge on any atom is -0.370 e. The van der Waals surface area contributed by atoms with Crippen molar-refractivity contribution in [1.82, 2.24) is 14.8 Å². The average molecular weight is 318 g/mol. The van der Waals surface area contributed by atoms with Crippen LogP contribution in [0.2, 0.25) is 0 Å². The lowest BCUT2D eigenvalue weighted by Gasteiger charge is -2.13. The SMILES string of the molecule is Cc1cccc(-n2nc(-c3ccncc3)c3c2NCCCC3)c1C. The van der Waals surface area contributed by atoms with Crippen LogP contribution in [0.5, 0.6) is 0 Å². The largest absolute Gasteiger partial charge is 0.370 e. The van der Waals surface area contributed by atoms with Crippen molar-refractivity contribution in [2.24, 2.45) is 0 Å². The zero-order valence-electron chi connectivity index (χ0n) is 14.2. The van der Waals surface area contributed by atoms with Crippen LogP contribution in [-0.2, 0) is 6.42 Å². The normalized spacial score (nSPS) is 13.9. The number of rotatable bonds is 2. The highest BCUT2D eigenvalue weighted by atomic mass is 15.3. The summed E-state index contributed by atoms with van der Waals surface area (Å²) in [6.07, 6.45) is 7.12. The number of benzene rings is 1. The Morgan fingerprint density at radius 2 is 1.88 bits per heavy atom. The molecule has 3 heterocycles. The van der Waals surface area contributed by atoms with Gasteiger partial charge in [-0.25, -0.2) is 4.68 Å². The third-order valence-corrected chi connectivity index (χ3v) is 4.89. The molecular formula is C20H22N4. The van der Waals surface area contributed by atoms with Crippen LogP contribution in [0.4, 0.5) is 5.82 Å². The molecule has 2 aromatic heterocycles. The molecule has 0 radical (unpaired) electrons. The Morgan fingerprint density at radius 3 is 2.71 bits per heavy atom. The van der Waals surface area contributed by atoms with E-state index < -0.39 is 0 Å². The van der Waals surface area contributed by atoms with E-state index in [0.717, 1.165) is 35.7 Å². The van der Waals surface area contributed by atoms with Gasteiger partial charge in [0.25, 0.3) is 0 Å². The average Bonchev–Trinajstić information content (AvgIpc) is 2.79. The van der Waals surface area contributed by atoms with Gasteiger partial charge in [-0.3, -0.25) is 4.98 Å². The van der Waals surface area contributed by atoms with Crippen LogP contribution in [-0.4, -0.2) is 21.3 Å². The van der Waals surface area contributed by atoms with Crippen LogP contribution in [0.15, 0.2) is 42.7 Å². The first-order valence-corrected chi connectivity index (χ1v) is 8.58. The van der Waals surface area contributed by atoms with E-state index in [1.807, 2.05) is 24.5 Å². The van der Waals surface area contributed by atoms with Gasteiger partial charge in [0.1, 0.15) is 5.82 Å². The molecule has 24 heavy (non-hydrogen) atoms. The summed E-state index contributed by atoms with van der Waals surface area (Å²) < 4.78 is 2.10. The van der Waals surface area contributed by atoms with E-state index in [4.69, 9.17) is 5.10 Å². The van der Waals surface area contributed by atoms with Crippen LogP contribution in [0.1, 0.15) is 29.5 Å². The summed E-state index contributed by atoms with van der Waals surface area (Å²) >= 11 is 0. The number of pyridine rings is 1. The van der Waals surface area contributed by atoms with E-state index in [1.165, 1.54) is 29.5 Å². The number of aryl methyl sites for hydroxylation is 1. The van der Waals surface area contributed by atoms with E-state index in [-0.39, 0.29) is 0 Å². The molecular weight excluding hydrogens is 296 g/mol. The Kier molecular flexibility index (Phi) is 3.81. The highest BCUT2D eigenvalue weighted by molar-refractivity contribution is 5.71. The van der Waals surface area contributed by atoms with Gasteiger partial charge in [-0.15, -0.1) is 0 Å². The molecule has 0 bridgehead atoms. The third kappa shape index (κ3) is 2.48. The predicted molar refractivity (Wildman–Crippen MR) is 97.7 cm³/mol. The molecule has 0 saturated heterocycles. The molecule has 0 spiro atoms. The first-order valence-electron chi connectivity index (χ1n) is 8.58. The molecule has 122 valence electrons. The van der Waals surface area contributed by atoms with Gasteiger partial charge < -0.3 is 5.32 Å². The van der Waals surface area contributed by atoms with Crippen molar-refractivity contribution in [2.45, 2.75) is 33.1 Å². The fraction of sp³-hybridized carbons (Fsp3) is 0.300. The number of hydrogen-bond acceptors (Lipinski definition) is 3. The summed E-state index contributed by atoms with van der Waals surface area (Å²) in [4.78, 5) is 4.14. The highest BCUT2D eigenvalue weighted by Gasteiger charge is 2.22. The molecule has 3 aromatic rings. The molecule has 1 aliphatic heterocycles. The fourth-order valence-electron chi connectivity index (χ4n) is 3.38. The van der Waals surface area contributed by atoms with Crippen LogP contribution in [0.3, 0.4) is 0 Å². The molecule has 0 fully saturated rings. The number of nitrogens with one attached hydrogen (secondary N) is 1. The zero-order valence-corrected chi connectivity index (χ0v) is 14.2. The molecule has 1 N–H and O–H groups in total. The van der Waals surface area contributed by atoms with Crippen molar-refractivity contribution in [1.29, 1.82) is 0 Å². The quantitative estimate of drug-likeness (QED) is 0.766. The van der Waals surface area contributed by atoms with Crippen molar-refractivity contribution in [3.05, 3.63) is 59.4 Å². The van der Waals surface area contributed by atoms with Crippen molar-refractivity contribution in [2.75, 3.05) is 11.9 Å². The standard InChI is InChI=1S/C20H22N4/c1-14-6-5-8-18(15(14)2)24-20-17(7-3-4-11-22-20)19(23-24)16-9-12-21-13-10-16/h5-6,8-10,12-13,22H,3-4,7,11H2,1-2H3. The summed E-state index contributed by atoms with van der Waals surface area (Å²) in [6.45, 7) is 5.32. The molecule has 0 unspecified atom stereocenters. The van der Waals surface area contributed by atoms with Gasteiger partial charge in [-0.2, -0.15) is 5.10 Å². The van der Waals surface area contributed by atoms with Crippen LogP contribution in [0.25, 0.3) is 16.9 Å². The molecule has 1 aliphatic rings. The lowest BCUT2D eigenvalue weighted by atomic mass is 10.0. The molecule has 1 aromatic carbocycles. The smallest absolute Gasteiger partial charge is 0.133 e. The van der Waals surface area contributed by atoms with Crippen molar-refractivity contribution in [3.63, 3.8) is 0 Å². The van der Waals surface area contributed by atoms with Gasteiger partial charge in [0, 0.05) is 30.1 Å². The maximum absolute atomic E-state index is 5.00. The van der Waals surface area contributed by atoms with E-state index in [2.05, 4.69) is 47.0 Å². The predicted octanol–water partition coefficient (Wildman–Crippen LogP) is 4.30. The number of nitrogens with zero attached hydrogens (tertiary/aromatic N) is 3. The highest BCUT2D eigenvalue weighted by Crippen LogP contribution is 2.34. The zero-order chi connectivity index (χ0) is 16.5. The Labute approximate surface area is 142 Å². The summed E-state index contributed by atoms with van der Waals surface area (Å²) in [5.74, 6) is 1.15. The Morgan fingerprint density at radius 1 is 1.04 bits per heavy atom. The maximum atomic E-state index is 5.00.